The number of allylic oxidation sites excluding steroid dienone is 1. The largest absolute Gasteiger partial charge is 0.490 e. The summed E-state index contributed by atoms with van der Waals surface area (Å²) in [6.07, 6.45) is -3.71. The Balaban J connectivity index is 2.06. The quantitative estimate of drug-likeness (QED) is 0.457. The Morgan fingerprint density at radius 3 is 2.51 bits per heavy atom. The van der Waals surface area contributed by atoms with E-state index in [0.717, 1.165) is 37.4 Å². The van der Waals surface area contributed by atoms with E-state index < -0.39 is 65.0 Å². The van der Waals surface area contributed by atoms with Crippen LogP contribution in [0.25, 0.3) is 0 Å². The zero-order valence-corrected chi connectivity index (χ0v) is 18.9. The van der Waals surface area contributed by atoms with Gasteiger partial charge in [-0.2, -0.15) is 17.6 Å². The van der Waals surface area contributed by atoms with E-state index in [4.69, 9.17) is 15.2 Å². The second-order valence-corrected chi connectivity index (χ2v) is 8.30. The average Bonchev–Trinajstić information content (AvgIpc) is 3.05. The summed E-state index contributed by atoms with van der Waals surface area (Å²) in [6.45, 7) is 3.29. The molecule has 1 aromatic carbocycles. The van der Waals surface area contributed by atoms with Crippen LogP contribution in [-0.2, 0) is 14.3 Å². The molecule has 0 bridgehead atoms. The fraction of sp³-hybridized carbons (Fsp3) is 0.455. The summed E-state index contributed by atoms with van der Waals surface area (Å²) in [5.41, 5.74) is 2.05. The molecule has 5 atom stereocenters. The van der Waals surface area contributed by atoms with Crippen LogP contribution < -0.4 is 15.8 Å². The minimum Gasteiger partial charge on any atom is -0.490 e. The second kappa shape index (κ2) is 9.36. The van der Waals surface area contributed by atoms with Gasteiger partial charge in [0.25, 0.3) is 11.8 Å². The van der Waals surface area contributed by atoms with E-state index in [0.29, 0.717) is 0 Å². The molecule has 0 saturated carbocycles. The first-order valence-corrected chi connectivity index (χ1v) is 10.5. The van der Waals surface area contributed by atoms with Gasteiger partial charge in [0, 0.05) is 39.2 Å². The van der Waals surface area contributed by atoms with Crippen molar-refractivity contribution in [1.82, 2.24) is 5.32 Å². The van der Waals surface area contributed by atoms with Gasteiger partial charge in [0.05, 0.1) is 12.3 Å². The van der Waals surface area contributed by atoms with Crippen molar-refractivity contribution in [3.63, 3.8) is 0 Å². The van der Waals surface area contributed by atoms with E-state index in [1.807, 2.05) is 0 Å². The van der Waals surface area contributed by atoms with Gasteiger partial charge in [-0.3, -0.25) is 9.59 Å². The molecule has 1 saturated heterocycles. The van der Waals surface area contributed by atoms with Crippen LogP contribution in [0.1, 0.15) is 32.3 Å². The Bertz CT molecular complexity index is 1120. The van der Waals surface area contributed by atoms with Gasteiger partial charge in [-0.25, -0.2) is 4.39 Å². The van der Waals surface area contributed by atoms with Crippen molar-refractivity contribution in [2.75, 3.05) is 6.61 Å². The molecule has 3 rings (SSSR count). The highest BCUT2D eigenvalue weighted by Crippen LogP contribution is 2.54. The molecular weight excluding hydrogens is 481 g/mol. The molecule has 8 nitrogen and oxygen atoms in total. The molecule has 0 spiro atoms. The number of hydrogen-bond acceptors (Lipinski definition) is 5. The maximum Gasteiger partial charge on any atom is 0.417 e. The Morgan fingerprint density at radius 1 is 1.29 bits per heavy atom. The highest BCUT2D eigenvalue weighted by atomic mass is 19.4. The third-order valence-electron chi connectivity index (χ3n) is 6.23. The van der Waals surface area contributed by atoms with Gasteiger partial charge >= 0.3 is 12.2 Å². The first kappa shape index (κ1) is 26.3. The number of nitrogens with one attached hydrogen (secondary N) is 1. The Kier molecular flexibility index (Phi) is 7.02. The average molecular weight is 504 g/mol. The van der Waals surface area contributed by atoms with Crippen molar-refractivity contribution >= 4 is 11.8 Å². The third kappa shape index (κ3) is 4.64. The Labute approximate surface area is 196 Å². The smallest absolute Gasteiger partial charge is 0.417 e. The molecule has 0 aromatic heterocycles. The van der Waals surface area contributed by atoms with Crippen LogP contribution in [-0.4, -0.2) is 47.1 Å². The van der Waals surface area contributed by atoms with Crippen molar-refractivity contribution in [1.29, 1.82) is 0 Å². The van der Waals surface area contributed by atoms with Crippen molar-refractivity contribution in [3.8, 4) is 5.75 Å². The summed E-state index contributed by atoms with van der Waals surface area (Å²) in [7, 11) is 0. The number of nitrogens with zero attached hydrogens (tertiary/aromatic N) is 1. The maximum absolute atomic E-state index is 14.6. The first-order chi connectivity index (χ1) is 16.2. The normalized spacial score (nSPS) is 28.6. The van der Waals surface area contributed by atoms with Gasteiger partial charge in [0.15, 0.2) is 17.2 Å². The van der Waals surface area contributed by atoms with E-state index in [-0.39, 0.29) is 22.6 Å². The topological polar surface area (TPSA) is 111 Å². The van der Waals surface area contributed by atoms with Crippen molar-refractivity contribution < 1.29 is 45.8 Å². The summed E-state index contributed by atoms with van der Waals surface area (Å²) in [4.78, 5) is 36.3. The fourth-order valence-corrected chi connectivity index (χ4v) is 4.17. The van der Waals surface area contributed by atoms with E-state index in [1.165, 1.54) is 13.8 Å². The first-order valence-electron chi connectivity index (χ1n) is 10.5. The van der Waals surface area contributed by atoms with Crippen LogP contribution in [0.15, 0.2) is 36.2 Å². The number of nitroso groups, excluding NO2 is 1. The van der Waals surface area contributed by atoms with Crippen LogP contribution >= 0.6 is 0 Å². The maximum atomic E-state index is 14.6. The second-order valence-electron chi connectivity index (χ2n) is 8.30. The van der Waals surface area contributed by atoms with Gasteiger partial charge in [0.1, 0.15) is 6.10 Å². The fourth-order valence-electron chi connectivity index (χ4n) is 4.17. The summed E-state index contributed by atoms with van der Waals surface area (Å²) in [5.74, 6) is -8.24. The van der Waals surface area contributed by atoms with Gasteiger partial charge in [-0.15, -0.1) is 0 Å². The summed E-state index contributed by atoms with van der Waals surface area (Å²) in [5, 5.41) is 2.31. The van der Waals surface area contributed by atoms with Gasteiger partial charge in [-0.1, -0.05) is 13.0 Å². The summed E-state index contributed by atoms with van der Waals surface area (Å²) >= 11 is 0. The Hall–Kier alpha value is -3.35. The minimum absolute atomic E-state index is 0.0863. The van der Waals surface area contributed by atoms with E-state index in [2.05, 4.69) is 5.32 Å². The number of benzene rings is 1. The number of ether oxygens (including phenoxy) is 2. The Morgan fingerprint density at radius 2 is 1.94 bits per heavy atom. The standard InChI is InChI=1S/C22H22F5N3O5/c1-4-34-17-12(5-6-13(23)16(17)24)15-10(2)21(3,22(25,26)27)35-18(15)20(32)29-11-7-8-30(33)14(9-11)19(28)31/h5-10,14-15,18H,4H2,1-3H3,(H2-,28,29,31,32)/p+1/t10-,14+,15-,18?,21-/m1/s1. The van der Waals surface area contributed by atoms with Gasteiger partial charge in [0.2, 0.25) is 12.0 Å². The van der Waals surface area contributed by atoms with Crippen molar-refractivity contribution in [2.45, 2.75) is 50.6 Å². The van der Waals surface area contributed by atoms with Crippen molar-refractivity contribution in [3.05, 3.63) is 58.3 Å². The van der Waals surface area contributed by atoms with Gasteiger partial charge < -0.3 is 20.5 Å². The van der Waals surface area contributed by atoms with E-state index in [9.17, 15) is 36.4 Å². The molecule has 1 unspecified atom stereocenters. The molecule has 1 aromatic rings. The van der Waals surface area contributed by atoms with Crippen LogP contribution in [0, 0.1) is 22.5 Å². The summed E-state index contributed by atoms with van der Waals surface area (Å²) < 4.78 is 81.2. The minimum atomic E-state index is -4.92. The van der Waals surface area contributed by atoms with E-state index >= 15 is 0 Å². The highest BCUT2D eigenvalue weighted by Gasteiger charge is 2.66. The molecule has 35 heavy (non-hydrogen) atoms. The van der Waals surface area contributed by atoms with Crippen molar-refractivity contribution in [2.24, 2.45) is 11.7 Å². The molecule has 3 N–H and O–H groups in total. The molecule has 1 fully saturated rings. The van der Waals surface area contributed by atoms with Crippen LogP contribution in [0.4, 0.5) is 22.0 Å². The number of carbonyl (C=O) groups excluding carboxylic acids is 2. The molecular formula is C22H23F5N3O5+. The number of alkyl halides is 3. The SMILES string of the molecule is CCOc1c([C@@H]2C(C(=O)NC3=C[C@@H](C(N)=O)[N+](=O)C=C3)O[C@@](C)(C(F)(F)F)[C@@H]2C)ccc(F)c1F. The molecule has 2 aliphatic rings. The van der Waals surface area contributed by atoms with Crippen LogP contribution in [0.5, 0.6) is 5.75 Å². The molecule has 2 heterocycles. The molecule has 2 amide bonds. The zero-order valence-electron chi connectivity index (χ0n) is 18.9. The number of primary amides is 1. The number of amides is 2. The predicted octanol–water partition coefficient (Wildman–Crippen LogP) is 2.96. The molecule has 190 valence electrons. The number of carbonyl (C=O) groups is 2. The third-order valence-corrected chi connectivity index (χ3v) is 6.23. The molecule has 2 aliphatic heterocycles. The van der Waals surface area contributed by atoms with Crippen LogP contribution in [0.3, 0.4) is 0 Å². The number of rotatable bonds is 6. The lowest BCUT2D eigenvalue weighted by Crippen LogP contribution is -2.47. The highest BCUT2D eigenvalue weighted by molar-refractivity contribution is 5.86. The van der Waals surface area contributed by atoms with Crippen LogP contribution in [0.2, 0.25) is 0 Å². The lowest BCUT2D eigenvalue weighted by Gasteiger charge is -2.32. The molecule has 0 aliphatic carbocycles. The number of halogens is 5. The lowest BCUT2D eigenvalue weighted by atomic mass is 9.77. The monoisotopic (exact) mass is 504 g/mol. The molecule has 13 heteroatoms. The van der Waals surface area contributed by atoms with Gasteiger partial charge in [-0.05, 0) is 19.9 Å². The van der Waals surface area contributed by atoms with E-state index in [1.54, 1.807) is 0 Å². The number of nitrogens with two attached hydrogens (primary N) is 1. The summed E-state index contributed by atoms with van der Waals surface area (Å²) in [6, 6.07) is 0.324. The zero-order chi connectivity index (χ0) is 26.3. The molecule has 0 radical (unpaired) electrons. The number of hydrogen-bond donors (Lipinski definition) is 2. The predicted molar refractivity (Wildman–Crippen MR) is 111 cm³/mol. The lowest BCUT2D eigenvalue weighted by molar-refractivity contribution is -0.495.